The van der Waals surface area contributed by atoms with Gasteiger partial charge in [0, 0.05) is 49.6 Å². The molecule has 0 fully saturated rings. The Morgan fingerprint density at radius 2 is 2.08 bits per heavy atom. The number of carbonyl (C=O) groups excluding carboxylic acids is 2. The first-order valence-corrected chi connectivity index (χ1v) is 12.4. The zero-order valence-electron chi connectivity index (χ0n) is 22.3. The molecular formula is C27H27BClN6O4. The standard InChI is InChI=1S/C27H27BClN6O4/c1-27(2)14-35(28-15-36)25-17(12-30)8-16(9-18(25)27)20-6-7-31-26(32-20)33-21-10-19(29)22(11-23(21)38-5)39-13-24(37)34(3)4/h6-11,15H,13-14H2,1-5H3,(H,31,32,33). The van der Waals surface area contributed by atoms with Crippen LogP contribution in [-0.4, -0.2) is 68.7 Å². The molecule has 1 N–H and O–H groups in total. The number of nitriles is 1. The maximum Gasteiger partial charge on any atom is 0.329 e. The number of halogens is 1. The van der Waals surface area contributed by atoms with Crippen molar-refractivity contribution in [2.45, 2.75) is 19.3 Å². The predicted octanol–water partition coefficient (Wildman–Crippen LogP) is 3.79. The minimum Gasteiger partial charge on any atom is -0.494 e. The number of hydrogen-bond acceptors (Lipinski definition) is 9. The van der Waals surface area contributed by atoms with Crippen LogP contribution in [0.4, 0.5) is 17.3 Å². The second kappa shape index (κ2) is 11.2. The van der Waals surface area contributed by atoms with E-state index in [1.165, 1.54) is 19.4 Å². The molecule has 1 radical (unpaired) electrons. The second-order valence-electron chi connectivity index (χ2n) is 9.78. The zero-order chi connectivity index (χ0) is 28.3. The summed E-state index contributed by atoms with van der Waals surface area (Å²) in [5.41, 5.74) is 3.72. The van der Waals surface area contributed by atoms with Crippen LogP contribution in [0, 0.1) is 11.3 Å². The first-order chi connectivity index (χ1) is 18.6. The molecule has 39 heavy (non-hydrogen) atoms. The van der Waals surface area contributed by atoms with Gasteiger partial charge in [0.1, 0.15) is 23.8 Å². The molecule has 0 bridgehead atoms. The number of nitrogens with one attached hydrogen (secondary N) is 1. The van der Waals surface area contributed by atoms with Crippen molar-refractivity contribution in [3.63, 3.8) is 0 Å². The number of aromatic nitrogens is 2. The molecule has 12 heteroatoms. The number of anilines is 3. The van der Waals surface area contributed by atoms with Crippen LogP contribution in [-0.2, 0) is 15.0 Å². The van der Waals surface area contributed by atoms with E-state index in [1.807, 2.05) is 10.9 Å². The first kappa shape index (κ1) is 27.7. The van der Waals surface area contributed by atoms with Crippen molar-refractivity contribution in [2.75, 3.05) is 44.5 Å². The van der Waals surface area contributed by atoms with Gasteiger partial charge in [0.25, 0.3) is 5.91 Å². The Kier molecular flexibility index (Phi) is 7.97. The van der Waals surface area contributed by atoms with Gasteiger partial charge in [-0.1, -0.05) is 25.4 Å². The van der Waals surface area contributed by atoms with Gasteiger partial charge in [-0.2, -0.15) is 5.26 Å². The van der Waals surface area contributed by atoms with Gasteiger partial charge in [-0.25, -0.2) is 9.97 Å². The van der Waals surface area contributed by atoms with E-state index < -0.39 is 0 Å². The maximum absolute atomic E-state index is 11.9. The van der Waals surface area contributed by atoms with E-state index in [-0.39, 0.29) is 28.9 Å². The molecule has 0 saturated heterocycles. The monoisotopic (exact) mass is 545 g/mol. The fourth-order valence-corrected chi connectivity index (χ4v) is 4.58. The number of methoxy groups -OCH3 is 1. The van der Waals surface area contributed by atoms with Crippen LogP contribution in [0.3, 0.4) is 0 Å². The summed E-state index contributed by atoms with van der Waals surface area (Å²) < 4.78 is 11.1. The summed E-state index contributed by atoms with van der Waals surface area (Å²) >= 11 is 6.42. The third-order valence-electron chi connectivity index (χ3n) is 6.35. The normalized spacial score (nSPS) is 13.2. The molecule has 0 spiro atoms. The zero-order valence-corrected chi connectivity index (χ0v) is 23.0. The Balaban J connectivity index is 1.65. The van der Waals surface area contributed by atoms with E-state index in [1.54, 1.807) is 44.6 Å². The molecule has 10 nitrogen and oxygen atoms in total. The largest absolute Gasteiger partial charge is 0.494 e. The van der Waals surface area contributed by atoms with E-state index in [4.69, 9.17) is 21.1 Å². The quantitative estimate of drug-likeness (QED) is 0.316. The van der Waals surface area contributed by atoms with Crippen molar-refractivity contribution in [3.8, 4) is 28.8 Å². The van der Waals surface area contributed by atoms with Crippen molar-refractivity contribution in [2.24, 2.45) is 0 Å². The molecule has 2 aromatic carbocycles. The Labute approximate surface area is 232 Å². The lowest BCUT2D eigenvalue weighted by atomic mass is 9.84. The van der Waals surface area contributed by atoms with E-state index >= 15 is 0 Å². The molecule has 0 unspecified atom stereocenters. The third kappa shape index (κ3) is 5.76. The Morgan fingerprint density at radius 3 is 2.74 bits per heavy atom. The summed E-state index contributed by atoms with van der Waals surface area (Å²) in [6, 6.07) is 11.0. The second-order valence-corrected chi connectivity index (χ2v) is 10.2. The van der Waals surface area contributed by atoms with Gasteiger partial charge in [0.2, 0.25) is 5.95 Å². The Hall–Kier alpha value is -4.30. The highest BCUT2D eigenvalue weighted by Gasteiger charge is 2.37. The average molecular weight is 546 g/mol. The number of ether oxygens (including phenoxy) is 2. The molecule has 1 aliphatic rings. The van der Waals surface area contributed by atoms with Gasteiger partial charge in [-0.3, -0.25) is 4.79 Å². The SMILES string of the molecule is COc1cc(OCC(=O)N(C)C)c(Cl)cc1Nc1nccc(-c2cc(C#N)c3c(c2)C(C)(C)CN3[B]C=O)n1. The molecule has 1 amide bonds. The minimum absolute atomic E-state index is 0.166. The Bertz CT molecular complexity index is 1470. The highest BCUT2D eigenvalue weighted by atomic mass is 35.5. The van der Waals surface area contributed by atoms with Crippen LogP contribution in [0.25, 0.3) is 11.3 Å². The van der Waals surface area contributed by atoms with Crippen LogP contribution >= 0.6 is 11.6 Å². The van der Waals surface area contributed by atoms with Gasteiger partial charge >= 0.3 is 7.41 Å². The van der Waals surface area contributed by atoms with Gasteiger partial charge in [0.05, 0.1) is 29.1 Å². The third-order valence-corrected chi connectivity index (χ3v) is 6.65. The van der Waals surface area contributed by atoms with E-state index in [0.29, 0.717) is 35.0 Å². The molecule has 1 aliphatic heterocycles. The number of amides is 1. The van der Waals surface area contributed by atoms with Crippen molar-refractivity contribution in [3.05, 3.63) is 52.7 Å². The molecular weight excluding hydrogens is 519 g/mol. The molecule has 2 heterocycles. The number of nitrogens with zero attached hydrogens (tertiary/aromatic N) is 5. The van der Waals surface area contributed by atoms with Crippen LogP contribution in [0.15, 0.2) is 36.5 Å². The maximum atomic E-state index is 11.9. The van der Waals surface area contributed by atoms with Crippen molar-refractivity contribution >= 4 is 48.4 Å². The van der Waals surface area contributed by atoms with Crippen molar-refractivity contribution < 1.29 is 19.1 Å². The molecule has 1 aromatic heterocycles. The predicted molar refractivity (Wildman–Crippen MR) is 151 cm³/mol. The van der Waals surface area contributed by atoms with Gasteiger partial charge in [-0.15, -0.1) is 0 Å². The average Bonchev–Trinajstić information content (AvgIpc) is 3.17. The van der Waals surface area contributed by atoms with E-state index in [2.05, 4.69) is 35.2 Å². The van der Waals surface area contributed by atoms with Crippen LogP contribution in [0.2, 0.25) is 5.02 Å². The molecule has 0 aliphatic carbocycles. The summed E-state index contributed by atoms with van der Waals surface area (Å²) in [7, 11) is 6.23. The lowest BCUT2D eigenvalue weighted by molar-refractivity contribution is -0.130. The summed E-state index contributed by atoms with van der Waals surface area (Å²) in [5.74, 6) is 0.793. The summed E-state index contributed by atoms with van der Waals surface area (Å²) in [5, 5.41) is 13.3. The number of rotatable bonds is 9. The highest BCUT2D eigenvalue weighted by Crippen LogP contribution is 2.44. The molecule has 3 aromatic rings. The number of hydrogen-bond donors (Lipinski definition) is 1. The van der Waals surface area contributed by atoms with Crippen molar-refractivity contribution in [1.29, 1.82) is 5.26 Å². The van der Waals surface area contributed by atoms with Gasteiger partial charge < -0.3 is 29.3 Å². The lowest BCUT2D eigenvalue weighted by Crippen LogP contribution is -2.32. The molecule has 0 atom stereocenters. The topological polar surface area (TPSA) is 121 Å². The minimum atomic E-state index is -0.282. The van der Waals surface area contributed by atoms with E-state index in [0.717, 1.165) is 23.0 Å². The highest BCUT2D eigenvalue weighted by molar-refractivity contribution is 6.70. The fourth-order valence-electron chi connectivity index (χ4n) is 4.36. The summed E-state index contributed by atoms with van der Waals surface area (Å²) in [6.07, 6.45) is 2.34. The van der Waals surface area contributed by atoms with Gasteiger partial charge in [-0.05, 0) is 29.8 Å². The number of carbonyl (C=O) groups is 2. The first-order valence-electron chi connectivity index (χ1n) is 12.0. The molecule has 4 rings (SSSR count). The summed E-state index contributed by atoms with van der Waals surface area (Å²) in [4.78, 5) is 35.3. The molecule has 0 saturated carbocycles. The Morgan fingerprint density at radius 1 is 1.31 bits per heavy atom. The number of benzene rings is 2. The van der Waals surface area contributed by atoms with Crippen LogP contribution < -0.4 is 19.6 Å². The van der Waals surface area contributed by atoms with Crippen LogP contribution in [0.5, 0.6) is 11.5 Å². The van der Waals surface area contributed by atoms with Crippen LogP contribution in [0.1, 0.15) is 25.0 Å². The van der Waals surface area contributed by atoms with Crippen molar-refractivity contribution in [1.82, 2.24) is 14.9 Å². The molecule has 199 valence electrons. The smallest absolute Gasteiger partial charge is 0.329 e. The van der Waals surface area contributed by atoms with Gasteiger partial charge in [0.15, 0.2) is 6.61 Å². The fraction of sp³-hybridized carbons (Fsp3) is 0.296. The van der Waals surface area contributed by atoms with E-state index in [9.17, 15) is 14.9 Å². The lowest BCUT2D eigenvalue weighted by Gasteiger charge is -2.20. The summed E-state index contributed by atoms with van der Waals surface area (Å²) in [6.45, 7) is 4.56. The number of fused-ring (bicyclic) bond motifs is 1. The number of likely N-dealkylation sites (N-methyl/N-ethyl adjacent to an activating group) is 1.